The van der Waals surface area contributed by atoms with Gasteiger partial charge in [-0.15, -0.1) is 11.3 Å². The molecule has 4 rings (SSSR count). The molecule has 8 nitrogen and oxygen atoms in total. The molecule has 9 heteroatoms. The van der Waals surface area contributed by atoms with Gasteiger partial charge >= 0.3 is 0 Å². The number of thiazole rings is 1. The lowest BCUT2D eigenvalue weighted by Gasteiger charge is -2.05. The third-order valence-electron chi connectivity index (χ3n) is 3.14. The van der Waals surface area contributed by atoms with Gasteiger partial charge in [-0.3, -0.25) is 9.20 Å². The summed E-state index contributed by atoms with van der Waals surface area (Å²) in [5.74, 6) is 0.834. The fourth-order valence-electron chi connectivity index (χ4n) is 2.16. The molecule has 0 spiro atoms. The Morgan fingerprint density at radius 2 is 2.26 bits per heavy atom. The van der Waals surface area contributed by atoms with Crippen molar-refractivity contribution in [3.63, 3.8) is 0 Å². The van der Waals surface area contributed by atoms with Crippen molar-refractivity contribution in [1.82, 2.24) is 29.1 Å². The Labute approximate surface area is 134 Å². The molecule has 0 fully saturated rings. The van der Waals surface area contributed by atoms with Crippen molar-refractivity contribution < 1.29 is 4.79 Å². The third-order valence-corrected chi connectivity index (χ3v) is 3.91. The van der Waals surface area contributed by atoms with Crippen molar-refractivity contribution in [2.75, 3.05) is 5.32 Å². The van der Waals surface area contributed by atoms with Gasteiger partial charge in [0.05, 0.1) is 12.1 Å². The van der Waals surface area contributed by atoms with E-state index >= 15 is 0 Å². The molecule has 4 heterocycles. The Morgan fingerprint density at radius 3 is 3.09 bits per heavy atom. The van der Waals surface area contributed by atoms with Gasteiger partial charge in [0.15, 0.2) is 10.8 Å². The highest BCUT2D eigenvalue weighted by molar-refractivity contribution is 7.15. The van der Waals surface area contributed by atoms with Crippen LogP contribution in [0.15, 0.2) is 48.6 Å². The molecular weight excluding hydrogens is 314 g/mol. The van der Waals surface area contributed by atoms with E-state index in [1.807, 2.05) is 22.2 Å². The first kappa shape index (κ1) is 13.6. The molecule has 1 amide bonds. The molecule has 0 unspecified atom stereocenters. The normalized spacial score (nSPS) is 11.0. The van der Waals surface area contributed by atoms with Crippen molar-refractivity contribution in [2.24, 2.45) is 0 Å². The zero-order chi connectivity index (χ0) is 15.6. The predicted molar refractivity (Wildman–Crippen MR) is 84.6 cm³/mol. The number of imidazole rings is 1. The number of fused-ring (bicyclic) bond motifs is 1. The van der Waals surface area contributed by atoms with Crippen LogP contribution in [0.4, 0.5) is 5.82 Å². The number of carbonyl (C=O) groups is 1. The number of aromatic nitrogens is 6. The van der Waals surface area contributed by atoms with Gasteiger partial charge in [0.2, 0.25) is 5.91 Å². The van der Waals surface area contributed by atoms with Crippen LogP contribution in [-0.4, -0.2) is 35.0 Å². The number of hydrogen-bond donors (Lipinski definition) is 1. The number of hydrogen-bond acceptors (Lipinski definition) is 6. The van der Waals surface area contributed by atoms with Crippen LogP contribution in [0.1, 0.15) is 5.69 Å². The van der Waals surface area contributed by atoms with Gasteiger partial charge in [-0.25, -0.2) is 19.6 Å². The number of carbonyl (C=O) groups excluding carboxylic acids is 1. The Balaban J connectivity index is 1.48. The van der Waals surface area contributed by atoms with Gasteiger partial charge < -0.3 is 5.32 Å². The lowest BCUT2D eigenvalue weighted by atomic mass is 10.3. The van der Waals surface area contributed by atoms with Crippen molar-refractivity contribution in [1.29, 1.82) is 0 Å². The zero-order valence-electron chi connectivity index (χ0n) is 11.8. The summed E-state index contributed by atoms with van der Waals surface area (Å²) in [6.07, 6.45) is 8.76. The smallest absolute Gasteiger partial charge is 0.231 e. The van der Waals surface area contributed by atoms with Crippen LogP contribution in [0, 0.1) is 0 Å². The van der Waals surface area contributed by atoms with Gasteiger partial charge in [-0.1, -0.05) is 0 Å². The Hall–Kier alpha value is -3.07. The summed E-state index contributed by atoms with van der Waals surface area (Å²) in [5.41, 5.74) is 0.718. The summed E-state index contributed by atoms with van der Waals surface area (Å²) in [6.45, 7) is 0. The first-order valence-electron chi connectivity index (χ1n) is 6.81. The number of nitrogens with zero attached hydrogens (tertiary/aromatic N) is 6. The molecule has 0 radical (unpaired) electrons. The quantitative estimate of drug-likeness (QED) is 0.615. The highest BCUT2D eigenvalue weighted by atomic mass is 32.1. The molecule has 0 atom stereocenters. The molecule has 0 aliphatic heterocycles. The van der Waals surface area contributed by atoms with Crippen molar-refractivity contribution in [3.05, 3.63) is 54.3 Å². The Bertz CT molecular complexity index is 928. The number of amides is 1. The third kappa shape index (κ3) is 2.81. The zero-order valence-corrected chi connectivity index (χ0v) is 12.6. The van der Waals surface area contributed by atoms with Gasteiger partial charge in [-0.05, 0) is 6.07 Å². The standard InChI is InChI=1S/C14H11N7OS/c22-13(6-10-8-20-4-5-23-14(20)18-10)19-11-7-12(16-9-15-11)21-3-1-2-17-21/h1-5,7-9H,6H2,(H,15,16,19,22). The van der Waals surface area contributed by atoms with Gasteiger partial charge in [0, 0.05) is 36.2 Å². The maximum atomic E-state index is 12.1. The van der Waals surface area contributed by atoms with E-state index in [1.54, 1.807) is 29.2 Å². The monoisotopic (exact) mass is 325 g/mol. The second-order valence-corrected chi connectivity index (χ2v) is 5.64. The summed E-state index contributed by atoms with van der Waals surface area (Å²) in [7, 11) is 0. The molecule has 1 N–H and O–H groups in total. The SMILES string of the molecule is O=C(Cc1cn2ccsc2n1)Nc1cc(-n2cccn2)ncn1. The molecule has 0 bridgehead atoms. The van der Waals surface area contributed by atoms with Crippen LogP contribution in [0.25, 0.3) is 10.8 Å². The minimum atomic E-state index is -0.180. The predicted octanol–water partition coefficient (Wildman–Crippen LogP) is 1.55. The van der Waals surface area contributed by atoms with Crippen LogP contribution in [-0.2, 0) is 11.2 Å². The summed E-state index contributed by atoms with van der Waals surface area (Å²) in [4.78, 5) is 25.6. The van der Waals surface area contributed by atoms with Crippen molar-refractivity contribution in [3.8, 4) is 5.82 Å². The van der Waals surface area contributed by atoms with E-state index < -0.39 is 0 Å². The topological polar surface area (TPSA) is 90.0 Å². The Morgan fingerprint density at radius 1 is 1.30 bits per heavy atom. The first-order valence-corrected chi connectivity index (χ1v) is 7.69. The number of rotatable bonds is 4. The van der Waals surface area contributed by atoms with E-state index in [1.165, 1.54) is 17.7 Å². The average Bonchev–Trinajstić information content (AvgIpc) is 3.24. The molecule has 0 saturated heterocycles. The van der Waals surface area contributed by atoms with Gasteiger partial charge in [0.25, 0.3) is 0 Å². The van der Waals surface area contributed by atoms with E-state index in [2.05, 4.69) is 25.4 Å². The first-order chi connectivity index (χ1) is 11.3. The minimum Gasteiger partial charge on any atom is -0.310 e. The second-order valence-electron chi connectivity index (χ2n) is 4.76. The lowest BCUT2D eigenvalue weighted by molar-refractivity contribution is -0.115. The van der Waals surface area contributed by atoms with Crippen molar-refractivity contribution >= 4 is 28.0 Å². The fourth-order valence-corrected chi connectivity index (χ4v) is 2.88. The maximum Gasteiger partial charge on any atom is 0.231 e. The maximum absolute atomic E-state index is 12.1. The molecule has 0 aliphatic rings. The van der Waals surface area contributed by atoms with E-state index in [0.29, 0.717) is 11.6 Å². The number of anilines is 1. The largest absolute Gasteiger partial charge is 0.310 e. The molecule has 0 saturated carbocycles. The van der Waals surface area contributed by atoms with Crippen LogP contribution in [0.5, 0.6) is 0 Å². The average molecular weight is 325 g/mol. The van der Waals surface area contributed by atoms with Crippen molar-refractivity contribution in [2.45, 2.75) is 6.42 Å². The summed E-state index contributed by atoms with van der Waals surface area (Å²) >= 11 is 1.53. The van der Waals surface area contributed by atoms with E-state index in [4.69, 9.17) is 0 Å². The van der Waals surface area contributed by atoms with Crippen LogP contribution >= 0.6 is 11.3 Å². The molecule has 0 aliphatic carbocycles. The number of nitrogens with one attached hydrogen (secondary N) is 1. The molecule has 0 aromatic carbocycles. The molecule has 4 aromatic rings. The molecule has 114 valence electrons. The van der Waals surface area contributed by atoms with E-state index in [9.17, 15) is 4.79 Å². The lowest BCUT2D eigenvalue weighted by Crippen LogP contribution is -2.16. The van der Waals surface area contributed by atoms with E-state index in [0.717, 1.165) is 10.7 Å². The van der Waals surface area contributed by atoms with Crippen LogP contribution in [0.3, 0.4) is 0 Å². The van der Waals surface area contributed by atoms with Gasteiger partial charge in [-0.2, -0.15) is 5.10 Å². The summed E-state index contributed by atoms with van der Waals surface area (Å²) < 4.78 is 3.49. The van der Waals surface area contributed by atoms with Crippen LogP contribution < -0.4 is 5.32 Å². The van der Waals surface area contributed by atoms with Gasteiger partial charge in [0.1, 0.15) is 12.1 Å². The second kappa shape index (κ2) is 5.61. The molecular formula is C14H11N7OS. The van der Waals surface area contributed by atoms with Crippen LogP contribution in [0.2, 0.25) is 0 Å². The highest BCUT2D eigenvalue weighted by Gasteiger charge is 2.10. The highest BCUT2D eigenvalue weighted by Crippen LogP contribution is 2.13. The fraction of sp³-hybridized carbons (Fsp3) is 0.0714. The summed E-state index contributed by atoms with van der Waals surface area (Å²) in [6, 6.07) is 3.46. The minimum absolute atomic E-state index is 0.180. The summed E-state index contributed by atoms with van der Waals surface area (Å²) in [5, 5.41) is 8.80. The molecule has 23 heavy (non-hydrogen) atoms. The Kier molecular flexibility index (Phi) is 3.31. The molecule has 4 aromatic heterocycles. The van der Waals surface area contributed by atoms with E-state index in [-0.39, 0.29) is 12.3 Å².